The van der Waals surface area contributed by atoms with E-state index in [2.05, 4.69) is 74.6 Å². The van der Waals surface area contributed by atoms with Crippen LogP contribution >= 0.6 is 0 Å². The number of hydrogen-bond donors (Lipinski definition) is 7. The van der Waals surface area contributed by atoms with Crippen LogP contribution in [0.2, 0.25) is 0 Å². The number of ether oxygens (including phenoxy) is 6. The first kappa shape index (κ1) is 65.1. The highest BCUT2D eigenvalue weighted by Crippen LogP contribution is 2.26. The molecule has 2 aliphatic rings. The molecule has 11 atom stereocenters. The smallest absolute Gasteiger partial charge is 0.306 e. The van der Waals surface area contributed by atoms with Gasteiger partial charge in [-0.2, -0.15) is 0 Å². The average molecular weight is 1020 g/mol. The molecule has 2 saturated heterocycles. The number of esters is 2. The lowest BCUT2D eigenvalue weighted by atomic mass is 9.98. The number of carbonyl (C=O) groups excluding carboxylic acids is 2. The Kier molecular flexibility index (Phi) is 39.0. The molecule has 414 valence electrons. The Balaban J connectivity index is 1.82. The van der Waals surface area contributed by atoms with Gasteiger partial charge in [0.15, 0.2) is 18.7 Å². The van der Waals surface area contributed by atoms with Gasteiger partial charge in [0.05, 0.1) is 19.8 Å². The molecule has 7 N–H and O–H groups in total. The van der Waals surface area contributed by atoms with Gasteiger partial charge in [0.1, 0.15) is 55.4 Å². The molecule has 4 unspecified atom stereocenters. The van der Waals surface area contributed by atoms with Crippen LogP contribution in [-0.4, -0.2) is 142 Å². The number of unbranched alkanes of at least 4 members (excludes halogenated alkanes) is 16. The fourth-order valence-electron chi connectivity index (χ4n) is 8.13. The van der Waals surface area contributed by atoms with Crippen molar-refractivity contribution in [2.24, 2.45) is 0 Å². The number of allylic oxidation sites excluding steroid dienone is 12. The number of hydrogen-bond acceptors (Lipinski definition) is 15. The molecule has 2 rings (SSSR count). The number of rotatable bonds is 42. The SMILES string of the molecule is CCCCC/C=C/C/C=C/C/C=C/C/C=C/C/C=C/CCC(=O)OC[C@@H](CO[C@@H]1O[C@H](CO[C@@H]2O[C@H](CO)[C@H](O)C(O)C2O)[C@H](O)C(O)C1O)OC(=O)CCCCCCCCCCC/C=C/CCCCCC. The lowest BCUT2D eigenvalue weighted by Gasteiger charge is -2.42. The predicted octanol–water partition coefficient (Wildman–Crippen LogP) is 8.60. The van der Waals surface area contributed by atoms with Gasteiger partial charge < -0.3 is 64.2 Å². The van der Waals surface area contributed by atoms with E-state index in [9.17, 15) is 45.3 Å². The second-order valence-corrected chi connectivity index (χ2v) is 19.0. The van der Waals surface area contributed by atoms with E-state index in [0.29, 0.717) is 12.8 Å². The lowest BCUT2D eigenvalue weighted by Crippen LogP contribution is -2.61. The largest absolute Gasteiger partial charge is 0.462 e. The average Bonchev–Trinajstić information content (AvgIpc) is 3.37. The second kappa shape index (κ2) is 43.2. The second-order valence-electron chi connectivity index (χ2n) is 19.0. The third kappa shape index (κ3) is 30.3. The molecule has 0 amide bonds. The van der Waals surface area contributed by atoms with Crippen LogP contribution in [0.1, 0.15) is 181 Å². The minimum atomic E-state index is -1.78. The number of carbonyl (C=O) groups is 2. The van der Waals surface area contributed by atoms with Crippen LogP contribution in [0, 0.1) is 0 Å². The Morgan fingerprint density at radius 3 is 1.40 bits per heavy atom. The van der Waals surface area contributed by atoms with Gasteiger partial charge in [0.2, 0.25) is 0 Å². The van der Waals surface area contributed by atoms with Gasteiger partial charge in [0.25, 0.3) is 0 Å². The van der Waals surface area contributed by atoms with Crippen molar-refractivity contribution in [2.45, 2.75) is 248 Å². The van der Waals surface area contributed by atoms with Crippen LogP contribution in [0.15, 0.2) is 72.9 Å². The topological polar surface area (TPSA) is 231 Å². The van der Waals surface area contributed by atoms with E-state index in [1.54, 1.807) is 0 Å². The summed E-state index contributed by atoms with van der Waals surface area (Å²) in [6.07, 6.45) is 35.0. The molecule has 0 bridgehead atoms. The Labute approximate surface area is 432 Å². The highest BCUT2D eigenvalue weighted by molar-refractivity contribution is 5.70. The Bertz CT molecular complexity index is 1530. The van der Waals surface area contributed by atoms with Crippen molar-refractivity contribution >= 4 is 11.9 Å². The van der Waals surface area contributed by atoms with Crippen molar-refractivity contribution in [1.29, 1.82) is 0 Å². The molecule has 2 heterocycles. The summed E-state index contributed by atoms with van der Waals surface area (Å²) < 4.78 is 33.5. The van der Waals surface area contributed by atoms with Gasteiger partial charge in [-0.05, 0) is 77.0 Å². The normalized spacial score (nSPS) is 25.6. The Morgan fingerprint density at radius 1 is 0.444 bits per heavy atom. The first-order valence-electron chi connectivity index (χ1n) is 27.5. The fourth-order valence-corrected chi connectivity index (χ4v) is 8.13. The van der Waals surface area contributed by atoms with Gasteiger partial charge in [-0.1, -0.05) is 164 Å². The summed E-state index contributed by atoms with van der Waals surface area (Å²) in [6.45, 7) is 2.47. The van der Waals surface area contributed by atoms with E-state index in [4.69, 9.17) is 28.4 Å². The minimum Gasteiger partial charge on any atom is -0.462 e. The van der Waals surface area contributed by atoms with Crippen LogP contribution in [0.25, 0.3) is 0 Å². The zero-order valence-electron chi connectivity index (χ0n) is 43.9. The van der Waals surface area contributed by atoms with Crippen molar-refractivity contribution in [3.05, 3.63) is 72.9 Å². The number of aliphatic hydroxyl groups is 7. The summed E-state index contributed by atoms with van der Waals surface area (Å²) in [7, 11) is 0. The zero-order chi connectivity index (χ0) is 52.4. The molecule has 2 aliphatic heterocycles. The van der Waals surface area contributed by atoms with Crippen LogP contribution in [0.5, 0.6) is 0 Å². The molecule has 0 aromatic heterocycles. The number of aliphatic hydroxyl groups excluding tert-OH is 7. The summed E-state index contributed by atoms with van der Waals surface area (Å²) in [5.41, 5.74) is 0. The molecule has 0 aromatic rings. The standard InChI is InChI=1S/C57H96O15/c1-3-5-7-9-11-13-15-17-19-21-22-24-25-27-29-31-33-35-37-39-48(59)67-42-45(70-49(60)40-38-36-34-32-30-28-26-23-20-18-16-14-12-10-8-6-4-2)43-68-56-55(66)53(64)51(62)47(72-56)44-69-57-54(65)52(63)50(61)46(41-58)71-57/h11,13-14,16-17,19,22,24,27,29,33,35,45-47,50-58,61-66H,3-10,12,15,18,20-21,23,25-26,28,30-32,34,36-44H2,1-2H3/b13-11+,16-14+,19-17+,24-22+,29-27+,35-33+/t45-,46+,47+,50-,51-,52?,53?,54?,55?,56+,57+/m0/s1. The summed E-state index contributed by atoms with van der Waals surface area (Å²) in [6, 6.07) is 0. The van der Waals surface area contributed by atoms with Crippen LogP contribution in [0.4, 0.5) is 0 Å². The molecule has 2 fully saturated rings. The van der Waals surface area contributed by atoms with Gasteiger partial charge in [-0.3, -0.25) is 9.59 Å². The highest BCUT2D eigenvalue weighted by atomic mass is 16.7. The van der Waals surface area contributed by atoms with Crippen LogP contribution in [0.3, 0.4) is 0 Å². The van der Waals surface area contributed by atoms with Gasteiger partial charge >= 0.3 is 11.9 Å². The van der Waals surface area contributed by atoms with Crippen molar-refractivity contribution < 1.29 is 73.8 Å². The van der Waals surface area contributed by atoms with E-state index in [-0.39, 0.29) is 19.4 Å². The predicted molar refractivity (Wildman–Crippen MR) is 279 cm³/mol. The highest BCUT2D eigenvalue weighted by Gasteiger charge is 2.47. The van der Waals surface area contributed by atoms with Crippen molar-refractivity contribution in [2.75, 3.05) is 26.4 Å². The monoisotopic (exact) mass is 1020 g/mol. The minimum absolute atomic E-state index is 0.0912. The molecule has 15 nitrogen and oxygen atoms in total. The van der Waals surface area contributed by atoms with Crippen LogP contribution in [-0.2, 0) is 38.0 Å². The molecule has 0 radical (unpaired) electrons. The van der Waals surface area contributed by atoms with E-state index in [0.717, 1.165) is 64.2 Å². The molecule has 0 spiro atoms. The summed E-state index contributed by atoms with van der Waals surface area (Å²) >= 11 is 0. The van der Waals surface area contributed by atoms with E-state index < -0.39 is 99.3 Å². The van der Waals surface area contributed by atoms with Crippen LogP contribution < -0.4 is 0 Å². The third-order valence-electron chi connectivity index (χ3n) is 12.7. The van der Waals surface area contributed by atoms with Crippen molar-refractivity contribution in [3.63, 3.8) is 0 Å². The summed E-state index contributed by atoms with van der Waals surface area (Å²) in [5, 5.41) is 72.2. The Morgan fingerprint density at radius 2 is 0.861 bits per heavy atom. The lowest BCUT2D eigenvalue weighted by molar-refractivity contribution is -0.332. The molecule has 0 saturated carbocycles. The first-order chi connectivity index (χ1) is 35.0. The summed E-state index contributed by atoms with van der Waals surface area (Å²) in [4.78, 5) is 25.8. The quantitative estimate of drug-likeness (QED) is 0.0172. The molecule has 0 aliphatic carbocycles. The maximum absolute atomic E-state index is 13.0. The Hall–Kier alpha value is -3.06. The maximum Gasteiger partial charge on any atom is 0.306 e. The van der Waals surface area contributed by atoms with Gasteiger partial charge in [-0.15, -0.1) is 0 Å². The van der Waals surface area contributed by atoms with E-state index >= 15 is 0 Å². The zero-order valence-corrected chi connectivity index (χ0v) is 43.9. The van der Waals surface area contributed by atoms with E-state index in [1.807, 2.05) is 12.2 Å². The van der Waals surface area contributed by atoms with Crippen molar-refractivity contribution in [1.82, 2.24) is 0 Å². The van der Waals surface area contributed by atoms with Crippen molar-refractivity contribution in [3.8, 4) is 0 Å². The van der Waals surface area contributed by atoms with Gasteiger partial charge in [0, 0.05) is 12.8 Å². The molecular formula is C57H96O15. The third-order valence-corrected chi connectivity index (χ3v) is 12.7. The van der Waals surface area contributed by atoms with Gasteiger partial charge in [-0.25, -0.2) is 0 Å². The summed E-state index contributed by atoms with van der Waals surface area (Å²) in [5.74, 6) is -1.03. The van der Waals surface area contributed by atoms with E-state index in [1.165, 1.54) is 77.0 Å². The maximum atomic E-state index is 13.0. The first-order valence-corrected chi connectivity index (χ1v) is 27.5. The molecule has 72 heavy (non-hydrogen) atoms. The molecule has 15 heteroatoms. The fraction of sp³-hybridized carbons (Fsp3) is 0.754. The molecular weight excluding hydrogens is 925 g/mol. The molecule has 0 aromatic carbocycles.